The molecule has 6 heteroatoms. The number of nitrogens with zero attached hydrogens (tertiary/aromatic N) is 1. The fourth-order valence-corrected chi connectivity index (χ4v) is 2.83. The molecule has 0 aliphatic heterocycles. The van der Waals surface area contributed by atoms with Crippen LogP contribution in [0.25, 0.3) is 0 Å². The van der Waals surface area contributed by atoms with Crippen molar-refractivity contribution < 1.29 is 9.47 Å². The summed E-state index contributed by atoms with van der Waals surface area (Å²) in [6, 6.07) is 8.08. The minimum absolute atomic E-state index is 0.748. The molecule has 0 aliphatic rings. The third kappa shape index (κ3) is 5.17. The fourth-order valence-electron chi connectivity index (χ4n) is 2.16. The van der Waals surface area contributed by atoms with E-state index in [1.54, 1.807) is 32.6 Å². The predicted octanol–water partition coefficient (Wildman–Crippen LogP) is 2.67. The number of ether oxygens (including phenoxy) is 2. The van der Waals surface area contributed by atoms with Gasteiger partial charge in [-0.05, 0) is 46.5 Å². The van der Waals surface area contributed by atoms with Gasteiger partial charge in [0.15, 0.2) is 17.5 Å². The molecular formula is C17H23N3O2S. The molecule has 0 amide bonds. The molecule has 2 rings (SSSR count). The van der Waals surface area contributed by atoms with E-state index in [0.717, 1.165) is 37.0 Å². The lowest BCUT2D eigenvalue weighted by Gasteiger charge is -2.12. The Bertz CT molecular complexity index is 627. The van der Waals surface area contributed by atoms with Gasteiger partial charge in [-0.15, -0.1) is 0 Å². The van der Waals surface area contributed by atoms with Crippen LogP contribution in [-0.4, -0.2) is 33.8 Å². The zero-order valence-corrected chi connectivity index (χ0v) is 14.6. The molecule has 0 saturated heterocycles. The summed E-state index contributed by atoms with van der Waals surface area (Å²) in [5.41, 5.74) is 2.45. The molecule has 0 aliphatic carbocycles. The monoisotopic (exact) mass is 333 g/mol. The van der Waals surface area contributed by atoms with E-state index in [9.17, 15) is 0 Å². The number of rotatable bonds is 7. The van der Waals surface area contributed by atoms with Gasteiger partial charge < -0.3 is 20.1 Å². The van der Waals surface area contributed by atoms with Crippen LogP contribution in [0.5, 0.6) is 11.5 Å². The molecule has 23 heavy (non-hydrogen) atoms. The first-order chi connectivity index (χ1) is 11.3. The first-order valence-electron chi connectivity index (χ1n) is 7.43. The van der Waals surface area contributed by atoms with Gasteiger partial charge in [0.05, 0.1) is 14.2 Å². The average molecular weight is 333 g/mol. The Kier molecular flexibility index (Phi) is 6.75. The van der Waals surface area contributed by atoms with Crippen molar-refractivity contribution in [1.82, 2.24) is 10.6 Å². The maximum absolute atomic E-state index is 5.32. The third-order valence-electron chi connectivity index (χ3n) is 3.42. The zero-order valence-electron chi connectivity index (χ0n) is 13.8. The molecule has 0 saturated carbocycles. The molecular weight excluding hydrogens is 310 g/mol. The maximum Gasteiger partial charge on any atom is 0.191 e. The smallest absolute Gasteiger partial charge is 0.191 e. The Balaban J connectivity index is 1.81. The highest BCUT2D eigenvalue weighted by Gasteiger charge is 2.05. The van der Waals surface area contributed by atoms with Gasteiger partial charge >= 0.3 is 0 Å². The summed E-state index contributed by atoms with van der Waals surface area (Å²) in [6.45, 7) is 1.57. The van der Waals surface area contributed by atoms with Crippen LogP contribution in [0, 0.1) is 0 Å². The summed E-state index contributed by atoms with van der Waals surface area (Å²) in [5, 5.41) is 10.8. The Hall–Kier alpha value is -2.21. The largest absolute Gasteiger partial charge is 0.493 e. The van der Waals surface area contributed by atoms with Gasteiger partial charge in [0.25, 0.3) is 0 Å². The Labute approximate surface area is 141 Å². The predicted molar refractivity (Wildman–Crippen MR) is 95.8 cm³/mol. The number of nitrogens with one attached hydrogen (secondary N) is 2. The summed E-state index contributed by atoms with van der Waals surface area (Å²) < 4.78 is 10.6. The van der Waals surface area contributed by atoms with Crippen molar-refractivity contribution in [2.24, 2.45) is 4.99 Å². The Morgan fingerprint density at radius 3 is 2.57 bits per heavy atom. The number of aliphatic imine (C=N–C) groups is 1. The maximum atomic E-state index is 5.32. The van der Waals surface area contributed by atoms with Crippen molar-refractivity contribution in [2.75, 3.05) is 27.8 Å². The van der Waals surface area contributed by atoms with Crippen molar-refractivity contribution in [3.63, 3.8) is 0 Å². The van der Waals surface area contributed by atoms with E-state index in [0.29, 0.717) is 0 Å². The molecule has 0 unspecified atom stereocenters. The quantitative estimate of drug-likeness (QED) is 0.604. The van der Waals surface area contributed by atoms with Gasteiger partial charge in [-0.1, -0.05) is 6.07 Å². The highest BCUT2D eigenvalue weighted by Crippen LogP contribution is 2.27. The molecule has 1 heterocycles. The molecule has 5 nitrogen and oxygen atoms in total. The molecule has 0 fully saturated rings. The molecule has 2 aromatic rings. The Morgan fingerprint density at radius 2 is 1.91 bits per heavy atom. The SMILES string of the molecule is CN=C(NCCc1ccc(OC)c(OC)c1)NCc1ccsc1. The number of methoxy groups -OCH3 is 2. The van der Waals surface area contributed by atoms with Crippen LogP contribution in [0.3, 0.4) is 0 Å². The molecule has 1 aromatic heterocycles. The van der Waals surface area contributed by atoms with Crippen LogP contribution in [-0.2, 0) is 13.0 Å². The average Bonchev–Trinajstić information content (AvgIpc) is 3.11. The number of guanidine groups is 1. The van der Waals surface area contributed by atoms with E-state index in [1.807, 2.05) is 18.2 Å². The highest BCUT2D eigenvalue weighted by atomic mass is 32.1. The first kappa shape index (κ1) is 17.1. The fraction of sp³-hybridized carbons (Fsp3) is 0.353. The second-order valence-electron chi connectivity index (χ2n) is 4.92. The normalized spacial score (nSPS) is 11.2. The lowest BCUT2D eigenvalue weighted by molar-refractivity contribution is 0.354. The van der Waals surface area contributed by atoms with E-state index in [-0.39, 0.29) is 0 Å². The number of hydrogen-bond acceptors (Lipinski definition) is 4. The lowest BCUT2D eigenvalue weighted by Crippen LogP contribution is -2.37. The van der Waals surface area contributed by atoms with Crippen LogP contribution in [0.4, 0.5) is 0 Å². The van der Waals surface area contributed by atoms with Crippen molar-refractivity contribution in [3.8, 4) is 11.5 Å². The molecule has 0 atom stereocenters. The second kappa shape index (κ2) is 9.05. The Morgan fingerprint density at radius 1 is 1.09 bits per heavy atom. The van der Waals surface area contributed by atoms with Gasteiger partial charge in [0, 0.05) is 20.1 Å². The van der Waals surface area contributed by atoms with E-state index in [1.165, 1.54) is 11.1 Å². The van der Waals surface area contributed by atoms with Gasteiger partial charge in [0.2, 0.25) is 0 Å². The van der Waals surface area contributed by atoms with Gasteiger partial charge in [-0.3, -0.25) is 4.99 Å². The summed E-state index contributed by atoms with van der Waals surface area (Å²) >= 11 is 1.70. The van der Waals surface area contributed by atoms with E-state index < -0.39 is 0 Å². The van der Waals surface area contributed by atoms with E-state index in [2.05, 4.69) is 32.5 Å². The van der Waals surface area contributed by atoms with E-state index in [4.69, 9.17) is 9.47 Å². The van der Waals surface area contributed by atoms with Crippen LogP contribution in [0.2, 0.25) is 0 Å². The highest BCUT2D eigenvalue weighted by molar-refractivity contribution is 7.07. The minimum atomic E-state index is 0.748. The van der Waals surface area contributed by atoms with Crippen LogP contribution < -0.4 is 20.1 Å². The van der Waals surface area contributed by atoms with Gasteiger partial charge in [0.1, 0.15) is 0 Å². The first-order valence-corrected chi connectivity index (χ1v) is 8.37. The van der Waals surface area contributed by atoms with E-state index >= 15 is 0 Å². The van der Waals surface area contributed by atoms with Crippen LogP contribution in [0.1, 0.15) is 11.1 Å². The summed E-state index contributed by atoms with van der Waals surface area (Å²) in [7, 11) is 5.07. The van der Waals surface area contributed by atoms with Gasteiger partial charge in [-0.2, -0.15) is 11.3 Å². The molecule has 124 valence electrons. The number of thiophene rings is 1. The number of hydrogen-bond donors (Lipinski definition) is 2. The van der Waals surface area contributed by atoms with Gasteiger partial charge in [-0.25, -0.2) is 0 Å². The molecule has 0 spiro atoms. The lowest BCUT2D eigenvalue weighted by atomic mass is 10.1. The van der Waals surface area contributed by atoms with Crippen molar-refractivity contribution in [2.45, 2.75) is 13.0 Å². The van der Waals surface area contributed by atoms with Crippen molar-refractivity contribution >= 4 is 17.3 Å². The van der Waals surface area contributed by atoms with Crippen LogP contribution >= 0.6 is 11.3 Å². The summed E-state index contributed by atoms with van der Waals surface area (Å²) in [5.74, 6) is 2.30. The zero-order chi connectivity index (χ0) is 16.5. The van der Waals surface area contributed by atoms with Crippen LogP contribution in [0.15, 0.2) is 40.0 Å². The molecule has 1 aromatic carbocycles. The molecule has 2 N–H and O–H groups in total. The van der Waals surface area contributed by atoms with Crippen molar-refractivity contribution in [3.05, 3.63) is 46.2 Å². The molecule has 0 radical (unpaired) electrons. The summed E-state index contributed by atoms with van der Waals surface area (Å²) in [6.07, 6.45) is 0.875. The third-order valence-corrected chi connectivity index (χ3v) is 4.15. The molecule has 0 bridgehead atoms. The topological polar surface area (TPSA) is 54.9 Å². The minimum Gasteiger partial charge on any atom is -0.493 e. The summed E-state index contributed by atoms with van der Waals surface area (Å²) in [4.78, 5) is 4.23. The second-order valence-corrected chi connectivity index (χ2v) is 5.70. The standard InChI is InChI=1S/C17H23N3O2S/c1-18-17(20-11-14-7-9-23-12-14)19-8-6-13-4-5-15(21-2)16(10-13)22-3/h4-5,7,9-10,12H,6,8,11H2,1-3H3,(H2,18,19,20). The number of benzene rings is 1. The van der Waals surface area contributed by atoms with Crippen molar-refractivity contribution in [1.29, 1.82) is 0 Å².